The molecule has 74 valence electrons. The third-order valence-corrected chi connectivity index (χ3v) is 2.14. The predicted molar refractivity (Wildman–Crippen MR) is 56.1 cm³/mol. The number of aryl methyl sites for hydroxylation is 2. The Morgan fingerprint density at radius 1 is 1.54 bits per heavy atom. The summed E-state index contributed by atoms with van der Waals surface area (Å²) in [6.07, 6.45) is 4.23. The second-order valence-corrected chi connectivity index (χ2v) is 2.88. The molecule has 1 aliphatic heterocycles. The lowest BCUT2D eigenvalue weighted by Gasteiger charge is -2.16. The molecule has 0 aliphatic carbocycles. The van der Waals surface area contributed by atoms with Crippen molar-refractivity contribution in [3.8, 4) is 0 Å². The molecule has 0 bridgehead atoms. The maximum absolute atomic E-state index is 4.28. The van der Waals surface area contributed by atoms with E-state index in [1.165, 1.54) is 17.8 Å². The molecule has 1 aromatic rings. The van der Waals surface area contributed by atoms with Gasteiger partial charge in [0.05, 0.1) is 6.20 Å². The molecule has 2 heterocycles. The number of aromatic nitrogens is 2. The standard InChI is InChI=1S/C8H13N3.C2H6/c1-2-7-6-10-11-5-3-4-9-8(7)11;1-2/h6,9H,2-5H2,1H3;1-2H3. The highest BCUT2D eigenvalue weighted by atomic mass is 15.3. The highest BCUT2D eigenvalue weighted by Gasteiger charge is 2.11. The van der Waals surface area contributed by atoms with Gasteiger partial charge in [-0.05, 0) is 12.8 Å². The molecule has 1 aromatic heterocycles. The molecule has 0 atom stereocenters. The van der Waals surface area contributed by atoms with Crippen LogP contribution >= 0.6 is 0 Å². The van der Waals surface area contributed by atoms with Crippen LogP contribution in [0, 0.1) is 0 Å². The van der Waals surface area contributed by atoms with Crippen molar-refractivity contribution in [2.75, 3.05) is 11.9 Å². The molecule has 0 amide bonds. The van der Waals surface area contributed by atoms with Crippen molar-refractivity contribution in [1.29, 1.82) is 0 Å². The Bertz CT molecular complexity index is 239. The monoisotopic (exact) mass is 181 g/mol. The Labute approximate surface area is 80.1 Å². The average Bonchev–Trinajstić information content (AvgIpc) is 2.64. The quantitative estimate of drug-likeness (QED) is 0.720. The fourth-order valence-electron chi connectivity index (χ4n) is 1.49. The van der Waals surface area contributed by atoms with Gasteiger partial charge < -0.3 is 5.32 Å². The van der Waals surface area contributed by atoms with E-state index in [-0.39, 0.29) is 0 Å². The average molecular weight is 181 g/mol. The second kappa shape index (κ2) is 4.90. The van der Waals surface area contributed by atoms with Crippen LogP contribution in [-0.4, -0.2) is 16.3 Å². The third kappa shape index (κ3) is 2.02. The van der Waals surface area contributed by atoms with Crippen LogP contribution in [0.1, 0.15) is 32.8 Å². The van der Waals surface area contributed by atoms with Gasteiger partial charge in [-0.2, -0.15) is 5.10 Å². The maximum Gasteiger partial charge on any atom is 0.127 e. The van der Waals surface area contributed by atoms with E-state index in [0.29, 0.717) is 0 Å². The van der Waals surface area contributed by atoms with Crippen molar-refractivity contribution in [2.45, 2.75) is 40.2 Å². The Kier molecular flexibility index (Phi) is 3.80. The van der Waals surface area contributed by atoms with Crippen LogP contribution in [0.3, 0.4) is 0 Å². The summed E-state index contributed by atoms with van der Waals surface area (Å²) in [5.74, 6) is 1.23. The van der Waals surface area contributed by atoms with Gasteiger partial charge >= 0.3 is 0 Å². The molecule has 1 aliphatic rings. The molecule has 0 spiro atoms. The molecular weight excluding hydrogens is 162 g/mol. The first-order valence-electron chi connectivity index (χ1n) is 5.20. The molecule has 13 heavy (non-hydrogen) atoms. The summed E-state index contributed by atoms with van der Waals surface area (Å²) in [5, 5.41) is 7.64. The summed E-state index contributed by atoms with van der Waals surface area (Å²) in [6, 6.07) is 0. The highest BCUT2D eigenvalue weighted by molar-refractivity contribution is 5.44. The molecule has 0 unspecified atom stereocenters. The first-order chi connectivity index (χ1) is 6.42. The van der Waals surface area contributed by atoms with Crippen molar-refractivity contribution >= 4 is 5.82 Å². The fraction of sp³-hybridized carbons (Fsp3) is 0.700. The first kappa shape index (κ1) is 10.1. The number of hydrogen-bond donors (Lipinski definition) is 1. The zero-order valence-corrected chi connectivity index (χ0v) is 8.80. The summed E-state index contributed by atoms with van der Waals surface area (Å²) in [5.41, 5.74) is 1.34. The number of rotatable bonds is 1. The van der Waals surface area contributed by atoms with Crippen LogP contribution in [0.15, 0.2) is 6.20 Å². The molecule has 3 nitrogen and oxygen atoms in total. The van der Waals surface area contributed by atoms with Gasteiger partial charge in [0.15, 0.2) is 0 Å². The lowest BCUT2D eigenvalue weighted by Crippen LogP contribution is -2.18. The summed E-state index contributed by atoms with van der Waals surface area (Å²) in [4.78, 5) is 0. The van der Waals surface area contributed by atoms with E-state index in [4.69, 9.17) is 0 Å². The summed E-state index contributed by atoms with van der Waals surface area (Å²) < 4.78 is 2.06. The number of nitrogens with zero attached hydrogens (tertiary/aromatic N) is 2. The van der Waals surface area contributed by atoms with Gasteiger partial charge in [-0.15, -0.1) is 0 Å². The third-order valence-electron chi connectivity index (χ3n) is 2.14. The molecule has 0 radical (unpaired) electrons. The van der Waals surface area contributed by atoms with Gasteiger partial charge in [0.25, 0.3) is 0 Å². The van der Waals surface area contributed by atoms with E-state index in [2.05, 4.69) is 22.0 Å². The van der Waals surface area contributed by atoms with Gasteiger partial charge in [-0.1, -0.05) is 20.8 Å². The second-order valence-electron chi connectivity index (χ2n) is 2.88. The Balaban J connectivity index is 0.000000396. The fourth-order valence-corrected chi connectivity index (χ4v) is 1.49. The van der Waals surface area contributed by atoms with Gasteiger partial charge in [-0.3, -0.25) is 0 Å². The molecule has 0 aromatic carbocycles. The van der Waals surface area contributed by atoms with Crippen LogP contribution in [0.2, 0.25) is 0 Å². The van der Waals surface area contributed by atoms with Gasteiger partial charge in [0, 0.05) is 18.7 Å². The van der Waals surface area contributed by atoms with Gasteiger partial charge in [0.2, 0.25) is 0 Å². The lowest BCUT2D eigenvalue weighted by atomic mass is 10.2. The van der Waals surface area contributed by atoms with Crippen LogP contribution in [0.5, 0.6) is 0 Å². The molecule has 2 rings (SSSR count). The van der Waals surface area contributed by atoms with Crippen molar-refractivity contribution in [3.63, 3.8) is 0 Å². The van der Waals surface area contributed by atoms with Crippen LogP contribution in [0.4, 0.5) is 5.82 Å². The maximum atomic E-state index is 4.28. The minimum Gasteiger partial charge on any atom is -0.370 e. The highest BCUT2D eigenvalue weighted by Crippen LogP contribution is 2.18. The smallest absolute Gasteiger partial charge is 0.127 e. The summed E-state index contributed by atoms with van der Waals surface area (Å²) >= 11 is 0. The van der Waals surface area contributed by atoms with E-state index in [1.807, 2.05) is 20.0 Å². The van der Waals surface area contributed by atoms with E-state index in [9.17, 15) is 0 Å². The van der Waals surface area contributed by atoms with E-state index in [0.717, 1.165) is 19.5 Å². The van der Waals surface area contributed by atoms with E-state index >= 15 is 0 Å². The normalized spacial score (nSPS) is 13.8. The van der Waals surface area contributed by atoms with Crippen molar-refractivity contribution in [3.05, 3.63) is 11.8 Å². The Morgan fingerprint density at radius 3 is 3.00 bits per heavy atom. The number of anilines is 1. The summed E-state index contributed by atoms with van der Waals surface area (Å²) in [7, 11) is 0. The zero-order chi connectivity index (χ0) is 9.68. The minimum atomic E-state index is 1.07. The molecule has 0 saturated carbocycles. The molecule has 0 saturated heterocycles. The van der Waals surface area contributed by atoms with Crippen molar-refractivity contribution in [2.24, 2.45) is 0 Å². The van der Waals surface area contributed by atoms with Gasteiger partial charge in [-0.25, -0.2) is 4.68 Å². The number of hydrogen-bond acceptors (Lipinski definition) is 2. The van der Waals surface area contributed by atoms with Crippen molar-refractivity contribution < 1.29 is 0 Å². The SMILES string of the molecule is CC.CCc1cnn2c1NCCC2. The number of nitrogens with one attached hydrogen (secondary N) is 1. The van der Waals surface area contributed by atoms with Crippen LogP contribution < -0.4 is 5.32 Å². The Hall–Kier alpha value is -0.990. The largest absolute Gasteiger partial charge is 0.370 e. The molecule has 3 heteroatoms. The summed E-state index contributed by atoms with van der Waals surface area (Å²) in [6.45, 7) is 8.33. The Morgan fingerprint density at radius 2 is 2.31 bits per heavy atom. The molecule has 1 N–H and O–H groups in total. The molecule has 0 fully saturated rings. The zero-order valence-electron chi connectivity index (χ0n) is 8.80. The topological polar surface area (TPSA) is 29.9 Å². The van der Waals surface area contributed by atoms with Crippen LogP contribution in [-0.2, 0) is 13.0 Å². The van der Waals surface area contributed by atoms with E-state index < -0.39 is 0 Å². The van der Waals surface area contributed by atoms with Crippen LogP contribution in [0.25, 0.3) is 0 Å². The first-order valence-corrected chi connectivity index (χ1v) is 5.20. The lowest BCUT2D eigenvalue weighted by molar-refractivity contribution is 0.567. The van der Waals surface area contributed by atoms with Gasteiger partial charge in [0.1, 0.15) is 5.82 Å². The van der Waals surface area contributed by atoms with E-state index in [1.54, 1.807) is 0 Å². The minimum absolute atomic E-state index is 1.07. The predicted octanol–water partition coefficient (Wildman–Crippen LogP) is 2.29. The number of fused-ring (bicyclic) bond motifs is 1. The van der Waals surface area contributed by atoms with Crippen molar-refractivity contribution in [1.82, 2.24) is 9.78 Å². The molecular formula is C10H19N3.